The van der Waals surface area contributed by atoms with E-state index >= 15 is 0 Å². The fourth-order valence-electron chi connectivity index (χ4n) is 1.73. The van der Waals surface area contributed by atoms with Gasteiger partial charge in [-0.15, -0.1) is 0 Å². The van der Waals surface area contributed by atoms with Crippen molar-refractivity contribution in [3.05, 3.63) is 35.1 Å². The molecule has 0 amide bonds. The van der Waals surface area contributed by atoms with E-state index in [1.807, 2.05) is 18.3 Å². The molecule has 1 aliphatic rings. The molecule has 2 heterocycles. The summed E-state index contributed by atoms with van der Waals surface area (Å²) >= 11 is 6.02. The van der Waals surface area contributed by atoms with Gasteiger partial charge in [0.2, 0.25) is 0 Å². The van der Waals surface area contributed by atoms with Crippen LogP contribution in [0.3, 0.4) is 0 Å². The quantitative estimate of drug-likeness (QED) is 0.728. The number of nitrogens with zero attached hydrogens (tertiary/aromatic N) is 1. The normalized spacial score (nSPS) is 13.0. The zero-order chi connectivity index (χ0) is 16.0. The van der Waals surface area contributed by atoms with Crippen LogP contribution in [0.4, 0.5) is 5.82 Å². The number of rotatable bonds is 2. The fraction of sp³-hybridized carbons (Fsp3) is 0.471. The van der Waals surface area contributed by atoms with E-state index in [2.05, 4.69) is 56.8 Å². The number of halogens is 1. The van der Waals surface area contributed by atoms with E-state index in [1.54, 1.807) is 0 Å². The molecule has 1 aromatic heterocycles. The topological polar surface area (TPSA) is 37.0 Å². The molecule has 1 aliphatic heterocycles. The van der Waals surface area contributed by atoms with E-state index in [4.69, 9.17) is 11.6 Å². The smallest absolute Gasteiger partial charge is 0.138 e. The van der Waals surface area contributed by atoms with Gasteiger partial charge in [0.25, 0.3) is 0 Å². The number of anilines is 1. The van der Waals surface area contributed by atoms with E-state index in [0.717, 1.165) is 22.6 Å². The minimum atomic E-state index is -0.0765. The molecule has 0 unspecified atom stereocenters. The molecule has 0 spiro atoms. The average Bonchev–Trinajstić information content (AvgIpc) is 2.36. The van der Waals surface area contributed by atoms with Gasteiger partial charge in [-0.3, -0.25) is 0 Å². The largest absolute Gasteiger partial charge is 0.365 e. The Morgan fingerprint density at radius 3 is 2.43 bits per heavy atom. The second-order valence-electron chi connectivity index (χ2n) is 6.09. The van der Waals surface area contributed by atoms with Crippen molar-refractivity contribution < 1.29 is 0 Å². The fourth-order valence-corrected chi connectivity index (χ4v) is 1.93. The first-order valence-corrected chi connectivity index (χ1v) is 7.77. The highest BCUT2D eigenvalue weighted by atomic mass is 35.5. The number of fused-ring (bicyclic) bond motifs is 1. The molecule has 0 saturated carbocycles. The molecule has 116 valence electrons. The lowest BCUT2D eigenvalue weighted by Crippen LogP contribution is -2.28. The van der Waals surface area contributed by atoms with Gasteiger partial charge in [0.1, 0.15) is 11.0 Å². The van der Waals surface area contributed by atoms with Gasteiger partial charge in [-0.25, -0.2) is 4.98 Å². The summed E-state index contributed by atoms with van der Waals surface area (Å²) in [6.07, 6.45) is 6.45. The van der Waals surface area contributed by atoms with Crippen LogP contribution in [0, 0.1) is 0 Å². The molecule has 0 radical (unpaired) electrons. The lowest BCUT2D eigenvalue weighted by molar-refractivity contribution is 0.630. The summed E-state index contributed by atoms with van der Waals surface area (Å²) in [6.45, 7) is 14.6. The summed E-state index contributed by atoms with van der Waals surface area (Å²) in [7, 11) is 0. The number of hydrogen-bond acceptors (Lipinski definition) is 3. The zero-order valence-electron chi connectivity index (χ0n) is 13.7. The predicted molar refractivity (Wildman–Crippen MR) is 94.4 cm³/mol. The molecule has 0 bridgehead atoms. The molecule has 21 heavy (non-hydrogen) atoms. The van der Waals surface area contributed by atoms with Crippen LogP contribution >= 0.6 is 11.6 Å². The van der Waals surface area contributed by atoms with E-state index < -0.39 is 0 Å². The summed E-state index contributed by atoms with van der Waals surface area (Å²) < 4.78 is 0. The molecule has 2 N–H and O–H groups in total. The van der Waals surface area contributed by atoms with Crippen LogP contribution in [-0.4, -0.2) is 10.5 Å². The van der Waals surface area contributed by atoms with E-state index in [-0.39, 0.29) is 5.54 Å². The number of pyridine rings is 1. The van der Waals surface area contributed by atoms with Crippen molar-refractivity contribution in [2.45, 2.75) is 53.0 Å². The molecular formula is C17H26ClN3. The second kappa shape index (κ2) is 7.51. The highest BCUT2D eigenvalue weighted by Crippen LogP contribution is 2.31. The van der Waals surface area contributed by atoms with Crippen LogP contribution in [0.15, 0.2) is 18.8 Å². The Kier molecular flexibility index (Phi) is 6.28. The lowest BCUT2D eigenvalue weighted by atomic mass is 10.0. The Morgan fingerprint density at radius 1 is 1.29 bits per heavy atom. The number of hydrogen-bond donors (Lipinski definition) is 2. The lowest BCUT2D eigenvalue weighted by Gasteiger charge is -2.26. The van der Waals surface area contributed by atoms with Crippen molar-refractivity contribution in [3.63, 3.8) is 0 Å². The Bertz CT molecular complexity index is 526. The van der Waals surface area contributed by atoms with E-state index in [0.29, 0.717) is 5.15 Å². The second-order valence-corrected chi connectivity index (χ2v) is 6.48. The van der Waals surface area contributed by atoms with Crippen molar-refractivity contribution >= 4 is 29.2 Å². The molecule has 4 heteroatoms. The van der Waals surface area contributed by atoms with Crippen LogP contribution in [-0.2, 0) is 0 Å². The zero-order valence-corrected chi connectivity index (χ0v) is 14.4. The third kappa shape index (κ3) is 5.43. The summed E-state index contributed by atoms with van der Waals surface area (Å²) in [6, 6.07) is 1.84. The maximum atomic E-state index is 6.02. The SMILES string of the molecule is C=C1NC=Cc2cc(Cl)nc(NC(C)(C)C)c21.CCCC. The van der Waals surface area contributed by atoms with Crippen LogP contribution in [0.5, 0.6) is 0 Å². The van der Waals surface area contributed by atoms with Gasteiger partial charge in [-0.1, -0.05) is 44.9 Å². The van der Waals surface area contributed by atoms with Crippen LogP contribution in [0.25, 0.3) is 11.8 Å². The maximum Gasteiger partial charge on any atom is 0.138 e. The average molecular weight is 308 g/mol. The van der Waals surface area contributed by atoms with Crippen molar-refractivity contribution in [1.29, 1.82) is 0 Å². The summed E-state index contributed by atoms with van der Waals surface area (Å²) in [5.41, 5.74) is 2.76. The van der Waals surface area contributed by atoms with Crippen LogP contribution < -0.4 is 10.6 Å². The summed E-state index contributed by atoms with van der Waals surface area (Å²) in [4.78, 5) is 4.34. The van der Waals surface area contributed by atoms with Gasteiger partial charge in [0, 0.05) is 23.0 Å². The van der Waals surface area contributed by atoms with Crippen molar-refractivity contribution in [3.8, 4) is 0 Å². The van der Waals surface area contributed by atoms with Gasteiger partial charge in [0.05, 0.1) is 0 Å². The molecule has 3 nitrogen and oxygen atoms in total. The van der Waals surface area contributed by atoms with Crippen LogP contribution in [0.1, 0.15) is 58.6 Å². The Labute approximate surface area is 133 Å². The molecule has 0 atom stereocenters. The highest BCUT2D eigenvalue weighted by molar-refractivity contribution is 6.29. The molecule has 2 rings (SSSR count). The monoisotopic (exact) mass is 307 g/mol. The van der Waals surface area contributed by atoms with E-state index in [1.165, 1.54) is 12.8 Å². The summed E-state index contributed by atoms with van der Waals surface area (Å²) in [5.74, 6) is 0.766. The predicted octanol–water partition coefficient (Wildman–Crippen LogP) is 5.30. The van der Waals surface area contributed by atoms with Gasteiger partial charge < -0.3 is 10.6 Å². The minimum Gasteiger partial charge on any atom is -0.365 e. The molecule has 0 fully saturated rings. The van der Waals surface area contributed by atoms with Gasteiger partial charge in [-0.05, 0) is 38.5 Å². The number of nitrogens with one attached hydrogen (secondary N) is 2. The molecule has 0 saturated heterocycles. The van der Waals surface area contributed by atoms with Gasteiger partial charge in [0.15, 0.2) is 0 Å². The maximum absolute atomic E-state index is 6.02. The Hall–Kier alpha value is -1.48. The third-order valence-electron chi connectivity index (χ3n) is 2.83. The molecular weight excluding hydrogens is 282 g/mol. The van der Waals surface area contributed by atoms with Crippen molar-refractivity contribution in [2.24, 2.45) is 0 Å². The van der Waals surface area contributed by atoms with Crippen molar-refractivity contribution in [2.75, 3.05) is 5.32 Å². The third-order valence-corrected chi connectivity index (χ3v) is 3.03. The van der Waals surface area contributed by atoms with Crippen LogP contribution in [0.2, 0.25) is 5.15 Å². The first-order chi connectivity index (χ1) is 9.78. The molecule has 0 aliphatic carbocycles. The van der Waals surface area contributed by atoms with Gasteiger partial charge in [-0.2, -0.15) is 0 Å². The Balaban J connectivity index is 0.000000491. The standard InChI is InChI=1S/C13H16ClN3.C4H10/c1-8-11-9(5-6-15-8)7-10(14)16-12(11)17-13(2,3)4;1-3-4-2/h5-7,15H,1H2,2-4H3,(H,16,17);3-4H2,1-2H3. The first-order valence-electron chi connectivity index (χ1n) is 7.39. The number of unbranched alkanes of at least 4 members (excludes halogenated alkanes) is 1. The molecule has 1 aromatic rings. The summed E-state index contributed by atoms with van der Waals surface area (Å²) in [5, 5.41) is 6.92. The highest BCUT2D eigenvalue weighted by Gasteiger charge is 2.19. The molecule has 0 aromatic carbocycles. The van der Waals surface area contributed by atoms with Crippen molar-refractivity contribution in [1.82, 2.24) is 10.3 Å². The van der Waals surface area contributed by atoms with Gasteiger partial charge >= 0.3 is 0 Å². The first kappa shape index (κ1) is 17.6. The Morgan fingerprint density at radius 2 is 1.90 bits per heavy atom. The minimum absolute atomic E-state index is 0.0765. The number of aromatic nitrogens is 1. The van der Waals surface area contributed by atoms with E-state index in [9.17, 15) is 0 Å².